The Morgan fingerprint density at radius 3 is 2.54 bits per heavy atom. The maximum absolute atomic E-state index is 13.2. The van der Waals surface area contributed by atoms with Crippen molar-refractivity contribution in [3.8, 4) is 0 Å². The molecule has 0 spiro atoms. The van der Waals surface area contributed by atoms with Crippen molar-refractivity contribution in [1.82, 2.24) is 10.3 Å². The number of amides is 1. The molecule has 2 aliphatic heterocycles. The Bertz CT molecular complexity index is 1210. The average Bonchev–Trinajstić information content (AvgIpc) is 3.51. The number of halogens is 3. The third kappa shape index (κ3) is 4.65. The molecule has 2 atom stereocenters. The van der Waals surface area contributed by atoms with Gasteiger partial charge in [-0.25, -0.2) is 0 Å². The van der Waals surface area contributed by atoms with Crippen LogP contribution in [0.1, 0.15) is 47.2 Å². The van der Waals surface area contributed by atoms with Crippen LogP contribution < -0.4 is 5.32 Å². The highest BCUT2D eigenvalue weighted by atomic mass is 19.4. The summed E-state index contributed by atoms with van der Waals surface area (Å²) in [5.41, 5.74) is 1.49. The van der Waals surface area contributed by atoms with Gasteiger partial charge in [0.1, 0.15) is 6.61 Å². The van der Waals surface area contributed by atoms with Crippen LogP contribution in [0.2, 0.25) is 0 Å². The number of nitrogens with one attached hydrogen (secondary N) is 2. The van der Waals surface area contributed by atoms with Crippen LogP contribution in [-0.4, -0.2) is 29.6 Å². The van der Waals surface area contributed by atoms with Gasteiger partial charge < -0.3 is 15.0 Å². The monoisotopic (exact) mass is 486 g/mol. The lowest BCUT2D eigenvalue weighted by Gasteiger charge is -2.17. The van der Waals surface area contributed by atoms with Crippen LogP contribution in [0.25, 0.3) is 6.08 Å². The number of aromatic nitrogens is 1. The molecule has 184 valence electrons. The molecule has 3 heterocycles. The number of hydrogen-bond donors (Lipinski definition) is 2. The van der Waals surface area contributed by atoms with Crippen LogP contribution in [0.3, 0.4) is 0 Å². The van der Waals surface area contributed by atoms with Crippen molar-refractivity contribution in [1.29, 1.82) is 0 Å². The fraction of sp³-hybridized carbons (Fsp3) is 0.360. The molecular weight excluding hydrogens is 461 g/mol. The molecule has 35 heavy (non-hydrogen) atoms. The minimum absolute atomic E-state index is 0.0708. The summed E-state index contributed by atoms with van der Waals surface area (Å²) in [6.45, 7) is 7.50. The van der Waals surface area contributed by atoms with Gasteiger partial charge in [-0.2, -0.15) is 13.2 Å². The predicted octanol–water partition coefficient (Wildman–Crippen LogP) is 5.06. The van der Waals surface area contributed by atoms with Gasteiger partial charge in [0.15, 0.2) is 0 Å². The highest BCUT2D eigenvalue weighted by Crippen LogP contribution is 2.52. The minimum Gasteiger partial charge on any atom is -0.461 e. The van der Waals surface area contributed by atoms with E-state index >= 15 is 0 Å². The number of esters is 1. The average molecular weight is 486 g/mol. The molecule has 2 N–H and O–H groups in total. The van der Waals surface area contributed by atoms with Crippen molar-refractivity contribution in [2.75, 3.05) is 6.61 Å². The van der Waals surface area contributed by atoms with Gasteiger partial charge in [-0.1, -0.05) is 43.8 Å². The number of carbonyl (C=O) groups excluding carboxylic acids is 2. The first-order valence-corrected chi connectivity index (χ1v) is 11.1. The molecule has 0 bridgehead atoms. The van der Waals surface area contributed by atoms with E-state index in [-0.39, 0.29) is 36.4 Å². The molecule has 10 heteroatoms. The highest BCUT2D eigenvalue weighted by Gasteiger charge is 2.65. The molecule has 7 nitrogen and oxygen atoms in total. The Kier molecular flexibility index (Phi) is 6.40. The minimum atomic E-state index is -4.60. The van der Waals surface area contributed by atoms with Crippen molar-refractivity contribution < 1.29 is 27.5 Å². The van der Waals surface area contributed by atoms with Crippen LogP contribution in [0, 0.1) is 12.8 Å². The number of H-pyrrole nitrogens is 1. The Morgan fingerprint density at radius 2 is 1.94 bits per heavy atom. The molecule has 1 saturated heterocycles. The molecular formula is C25H25F3N4O3. The van der Waals surface area contributed by atoms with E-state index in [0.717, 1.165) is 16.8 Å². The molecule has 1 fully saturated rings. The molecule has 1 aromatic heterocycles. The van der Waals surface area contributed by atoms with E-state index in [4.69, 9.17) is 4.74 Å². The van der Waals surface area contributed by atoms with Crippen LogP contribution in [-0.2, 0) is 26.4 Å². The normalized spacial score (nSPS) is 21.7. The molecule has 0 aliphatic carbocycles. The molecule has 2 aromatic rings. The fourth-order valence-corrected chi connectivity index (χ4v) is 4.29. The van der Waals surface area contributed by atoms with Gasteiger partial charge in [0.25, 0.3) is 0 Å². The number of hydrogen-bond acceptors (Lipinski definition) is 5. The number of rotatable bonds is 8. The van der Waals surface area contributed by atoms with Gasteiger partial charge in [-0.15, -0.1) is 10.2 Å². The third-order valence-electron chi connectivity index (χ3n) is 6.46. The van der Waals surface area contributed by atoms with Crippen LogP contribution in [0.4, 0.5) is 13.2 Å². The second-order valence-corrected chi connectivity index (χ2v) is 8.67. The zero-order valence-electron chi connectivity index (χ0n) is 19.3. The number of aromatic amines is 1. The molecule has 1 aromatic carbocycles. The molecule has 2 unspecified atom stereocenters. The predicted molar refractivity (Wildman–Crippen MR) is 122 cm³/mol. The molecule has 4 rings (SSSR count). The number of benzene rings is 1. The quantitative estimate of drug-likeness (QED) is 0.403. The SMILES string of the molecule is C=CCOC(=O)CCc1c[nH]c(/C=C2\NC(=O)C(c3ccc(C4(C(F)(F)F)N=N4)cc3)C2C)c1C. The molecule has 0 saturated carbocycles. The van der Waals surface area contributed by atoms with Gasteiger partial charge in [0.2, 0.25) is 5.91 Å². The van der Waals surface area contributed by atoms with Crippen molar-refractivity contribution >= 4 is 18.0 Å². The molecule has 1 amide bonds. The second-order valence-electron chi connectivity index (χ2n) is 8.67. The van der Waals surface area contributed by atoms with Crippen LogP contribution in [0.5, 0.6) is 0 Å². The second kappa shape index (κ2) is 9.16. The smallest absolute Gasteiger partial charge is 0.442 e. The number of allylic oxidation sites excluding steroid dienone is 1. The van der Waals surface area contributed by atoms with Crippen molar-refractivity contribution in [2.45, 2.75) is 44.4 Å². The van der Waals surface area contributed by atoms with Gasteiger partial charge in [0, 0.05) is 35.5 Å². The van der Waals surface area contributed by atoms with E-state index in [0.29, 0.717) is 17.7 Å². The highest BCUT2D eigenvalue weighted by molar-refractivity contribution is 5.90. The molecule has 2 aliphatic rings. The van der Waals surface area contributed by atoms with Gasteiger partial charge in [-0.3, -0.25) is 9.59 Å². The van der Waals surface area contributed by atoms with E-state index in [1.807, 2.05) is 26.1 Å². The topological polar surface area (TPSA) is 95.9 Å². The zero-order chi connectivity index (χ0) is 25.4. The van der Waals surface area contributed by atoms with Crippen molar-refractivity contribution in [3.05, 3.63) is 76.8 Å². The van der Waals surface area contributed by atoms with Gasteiger partial charge in [0.05, 0.1) is 5.92 Å². The Balaban J connectivity index is 1.47. The van der Waals surface area contributed by atoms with Gasteiger partial charge >= 0.3 is 17.8 Å². The van der Waals surface area contributed by atoms with Crippen molar-refractivity contribution in [3.63, 3.8) is 0 Å². The summed E-state index contributed by atoms with van der Waals surface area (Å²) in [7, 11) is 0. The standard InChI is InChI=1S/C25H25F3N4O3/c1-4-11-35-21(33)10-7-17-13-29-19(14(17)2)12-20-15(3)22(23(34)30-20)16-5-8-18(9-6-16)24(31-32-24)25(26,27)28/h4-6,8-9,12-13,15,22,29H,1,7,10-11H2,2-3H3,(H,30,34)/b20-12-. The van der Waals surface area contributed by atoms with E-state index in [2.05, 4.69) is 27.1 Å². The summed E-state index contributed by atoms with van der Waals surface area (Å²) in [5.74, 6) is -1.29. The van der Waals surface area contributed by atoms with Crippen LogP contribution >= 0.6 is 0 Å². The summed E-state index contributed by atoms with van der Waals surface area (Å²) in [6.07, 6.45) is 1.35. The Hall–Kier alpha value is -3.69. The number of nitrogens with zero attached hydrogens (tertiary/aromatic N) is 2. The maximum Gasteiger partial charge on any atom is 0.442 e. The Morgan fingerprint density at radius 1 is 1.26 bits per heavy atom. The number of carbonyl (C=O) groups is 2. The molecule has 0 radical (unpaired) electrons. The largest absolute Gasteiger partial charge is 0.461 e. The van der Waals surface area contributed by atoms with E-state index in [1.54, 1.807) is 0 Å². The first kappa shape index (κ1) is 24.4. The maximum atomic E-state index is 13.2. The van der Waals surface area contributed by atoms with Crippen molar-refractivity contribution in [2.24, 2.45) is 16.1 Å². The third-order valence-corrected chi connectivity index (χ3v) is 6.46. The summed E-state index contributed by atoms with van der Waals surface area (Å²) in [5, 5.41) is 9.33. The van der Waals surface area contributed by atoms with E-state index in [1.165, 1.54) is 30.3 Å². The van der Waals surface area contributed by atoms with Gasteiger partial charge in [-0.05, 0) is 36.1 Å². The first-order chi connectivity index (χ1) is 16.6. The first-order valence-electron chi connectivity index (χ1n) is 11.1. The van der Waals surface area contributed by atoms with E-state index < -0.39 is 17.8 Å². The number of alkyl halides is 3. The lowest BCUT2D eigenvalue weighted by Crippen LogP contribution is -2.30. The van der Waals surface area contributed by atoms with E-state index in [9.17, 15) is 22.8 Å². The summed E-state index contributed by atoms with van der Waals surface area (Å²) >= 11 is 0. The Labute approximate surface area is 200 Å². The summed E-state index contributed by atoms with van der Waals surface area (Å²) in [4.78, 5) is 27.7. The fourth-order valence-electron chi connectivity index (χ4n) is 4.29. The zero-order valence-corrected chi connectivity index (χ0v) is 19.3. The van der Waals surface area contributed by atoms with Crippen LogP contribution in [0.15, 0.2) is 59.0 Å². The number of ether oxygens (including phenoxy) is 1. The summed E-state index contributed by atoms with van der Waals surface area (Å²) in [6, 6.07) is 5.70. The number of aryl methyl sites for hydroxylation is 1. The lowest BCUT2D eigenvalue weighted by atomic mass is 9.87. The summed E-state index contributed by atoms with van der Waals surface area (Å²) < 4.78 is 44.7. The lowest BCUT2D eigenvalue weighted by molar-refractivity contribution is -0.166.